The maximum absolute atomic E-state index is 12.4. The van der Waals surface area contributed by atoms with Crippen LogP contribution in [0, 0.1) is 5.41 Å². The van der Waals surface area contributed by atoms with Crippen molar-refractivity contribution < 1.29 is 10.0 Å². The zero-order chi connectivity index (χ0) is 13.6. The third-order valence-corrected chi connectivity index (χ3v) is 4.85. The summed E-state index contributed by atoms with van der Waals surface area (Å²) in [6.45, 7) is 3.77. The van der Waals surface area contributed by atoms with Gasteiger partial charge in [-0.15, -0.1) is 0 Å². The number of hydrogen-bond donors (Lipinski definition) is 3. The van der Waals surface area contributed by atoms with Crippen molar-refractivity contribution in [3.05, 3.63) is 0 Å². The van der Waals surface area contributed by atoms with Gasteiger partial charge in [0.15, 0.2) is 5.84 Å². The van der Waals surface area contributed by atoms with E-state index >= 15 is 0 Å². The van der Waals surface area contributed by atoms with Crippen molar-refractivity contribution in [2.75, 3.05) is 11.5 Å². The molecule has 0 spiro atoms. The highest BCUT2D eigenvalue weighted by atomic mass is 32.2. The maximum Gasteiger partial charge on any atom is 0.234 e. The summed E-state index contributed by atoms with van der Waals surface area (Å²) in [5.74, 6) is 2.06. The number of amidine groups is 1. The van der Waals surface area contributed by atoms with Crippen LogP contribution in [0.25, 0.3) is 0 Å². The highest BCUT2D eigenvalue weighted by Gasteiger charge is 2.40. The van der Waals surface area contributed by atoms with E-state index in [2.05, 4.69) is 10.5 Å². The van der Waals surface area contributed by atoms with E-state index in [1.807, 2.05) is 25.6 Å². The Balaban J connectivity index is 2.76. The highest BCUT2D eigenvalue weighted by Crippen LogP contribution is 2.28. The van der Waals surface area contributed by atoms with Gasteiger partial charge in [0.1, 0.15) is 5.41 Å². The predicted molar refractivity (Wildman–Crippen MR) is 74.9 cm³/mol. The number of amides is 1. The number of thioether (sulfide) groups is 1. The molecule has 1 amide bonds. The van der Waals surface area contributed by atoms with Gasteiger partial charge in [0, 0.05) is 6.04 Å². The average Bonchev–Trinajstić information content (AvgIpc) is 2.41. The summed E-state index contributed by atoms with van der Waals surface area (Å²) in [5, 5.41) is 15.0. The molecule has 0 unspecified atom stereocenters. The third kappa shape index (κ3) is 3.10. The van der Waals surface area contributed by atoms with Crippen LogP contribution in [0.2, 0.25) is 0 Å². The number of nitrogens with one attached hydrogen (secondary N) is 1. The molecule has 0 aromatic rings. The molecule has 0 saturated carbocycles. The maximum atomic E-state index is 12.4. The number of rotatable bonds is 5. The van der Waals surface area contributed by atoms with Crippen molar-refractivity contribution in [2.24, 2.45) is 16.3 Å². The van der Waals surface area contributed by atoms with E-state index in [1.165, 1.54) is 0 Å². The van der Waals surface area contributed by atoms with Gasteiger partial charge >= 0.3 is 0 Å². The zero-order valence-electron chi connectivity index (χ0n) is 11.1. The number of nitrogens with two attached hydrogens (primary N) is 1. The molecule has 1 heterocycles. The van der Waals surface area contributed by atoms with E-state index in [0.29, 0.717) is 12.8 Å². The van der Waals surface area contributed by atoms with Crippen LogP contribution < -0.4 is 11.1 Å². The fraction of sp³-hybridized carbons (Fsp3) is 0.833. The van der Waals surface area contributed by atoms with Gasteiger partial charge in [0.25, 0.3) is 0 Å². The van der Waals surface area contributed by atoms with Crippen LogP contribution in [0.3, 0.4) is 0 Å². The summed E-state index contributed by atoms with van der Waals surface area (Å²) in [4.78, 5) is 12.4. The van der Waals surface area contributed by atoms with Crippen LogP contribution in [-0.2, 0) is 4.79 Å². The Kier molecular flexibility index (Phi) is 5.78. The first-order valence-corrected chi connectivity index (χ1v) is 7.62. The molecule has 1 rings (SSSR count). The molecule has 18 heavy (non-hydrogen) atoms. The molecule has 0 aliphatic carbocycles. The summed E-state index contributed by atoms with van der Waals surface area (Å²) < 4.78 is 0. The van der Waals surface area contributed by atoms with Crippen molar-refractivity contribution in [3.8, 4) is 0 Å². The summed E-state index contributed by atoms with van der Waals surface area (Å²) in [6.07, 6.45) is 3.06. The fourth-order valence-corrected chi connectivity index (χ4v) is 3.42. The van der Waals surface area contributed by atoms with Crippen LogP contribution >= 0.6 is 11.8 Å². The van der Waals surface area contributed by atoms with Crippen molar-refractivity contribution in [3.63, 3.8) is 0 Å². The Bertz CT molecular complexity index is 310. The molecule has 104 valence electrons. The second-order valence-electron chi connectivity index (χ2n) is 4.63. The lowest BCUT2D eigenvalue weighted by atomic mass is 9.80. The number of carbonyl (C=O) groups excluding carboxylic acids is 1. The Morgan fingerprint density at radius 2 is 2.00 bits per heavy atom. The van der Waals surface area contributed by atoms with E-state index in [9.17, 15) is 4.79 Å². The van der Waals surface area contributed by atoms with Gasteiger partial charge in [0.05, 0.1) is 0 Å². The first kappa shape index (κ1) is 15.1. The van der Waals surface area contributed by atoms with Crippen LogP contribution in [0.4, 0.5) is 0 Å². The zero-order valence-corrected chi connectivity index (χ0v) is 11.9. The van der Waals surface area contributed by atoms with E-state index in [4.69, 9.17) is 10.9 Å². The number of nitrogens with zero attached hydrogens (tertiary/aromatic N) is 1. The fourth-order valence-electron chi connectivity index (χ4n) is 2.31. The van der Waals surface area contributed by atoms with Gasteiger partial charge in [-0.3, -0.25) is 4.79 Å². The topological polar surface area (TPSA) is 87.7 Å². The van der Waals surface area contributed by atoms with Gasteiger partial charge in [-0.25, -0.2) is 0 Å². The van der Waals surface area contributed by atoms with Gasteiger partial charge in [-0.2, -0.15) is 11.8 Å². The molecule has 5 nitrogen and oxygen atoms in total. The van der Waals surface area contributed by atoms with E-state index in [-0.39, 0.29) is 17.8 Å². The van der Waals surface area contributed by atoms with Crippen LogP contribution in [0.5, 0.6) is 0 Å². The largest absolute Gasteiger partial charge is 0.409 e. The quantitative estimate of drug-likeness (QED) is 0.307. The number of oxime groups is 1. The minimum Gasteiger partial charge on any atom is -0.409 e. The summed E-state index contributed by atoms with van der Waals surface area (Å²) in [6, 6.07) is 0.225. The molecular weight excluding hydrogens is 250 g/mol. The molecule has 0 aromatic heterocycles. The molecule has 0 bridgehead atoms. The molecule has 0 atom stereocenters. The summed E-state index contributed by atoms with van der Waals surface area (Å²) in [7, 11) is 0. The smallest absolute Gasteiger partial charge is 0.234 e. The van der Waals surface area contributed by atoms with Crippen molar-refractivity contribution in [1.82, 2.24) is 5.32 Å². The van der Waals surface area contributed by atoms with E-state index in [1.54, 1.807) is 0 Å². The summed E-state index contributed by atoms with van der Waals surface area (Å²) in [5.41, 5.74) is 4.84. The Morgan fingerprint density at radius 1 is 1.44 bits per heavy atom. The lowest BCUT2D eigenvalue weighted by molar-refractivity contribution is -0.128. The Morgan fingerprint density at radius 3 is 2.44 bits per heavy atom. The Labute approximate surface area is 113 Å². The van der Waals surface area contributed by atoms with Gasteiger partial charge in [-0.1, -0.05) is 19.0 Å². The molecule has 0 aromatic carbocycles. The minimum absolute atomic E-state index is 0.00943. The molecule has 1 aliphatic rings. The highest BCUT2D eigenvalue weighted by molar-refractivity contribution is 7.99. The lowest BCUT2D eigenvalue weighted by Crippen LogP contribution is -2.52. The Hall–Kier alpha value is -0.910. The van der Waals surface area contributed by atoms with Crippen LogP contribution in [0.1, 0.15) is 39.5 Å². The van der Waals surface area contributed by atoms with Crippen molar-refractivity contribution >= 4 is 23.5 Å². The van der Waals surface area contributed by atoms with Crippen molar-refractivity contribution in [1.29, 1.82) is 0 Å². The molecule has 1 saturated heterocycles. The molecule has 0 radical (unpaired) electrons. The predicted octanol–water partition coefficient (Wildman–Crippen LogP) is 1.55. The van der Waals surface area contributed by atoms with Gasteiger partial charge in [-0.05, 0) is 37.2 Å². The lowest BCUT2D eigenvalue weighted by Gasteiger charge is -2.32. The third-order valence-electron chi connectivity index (χ3n) is 3.80. The van der Waals surface area contributed by atoms with Crippen molar-refractivity contribution in [2.45, 2.75) is 45.6 Å². The van der Waals surface area contributed by atoms with E-state index < -0.39 is 5.41 Å². The molecular formula is C12H23N3O2S. The average molecular weight is 273 g/mol. The normalized spacial score (nSPS) is 18.7. The molecule has 1 fully saturated rings. The second kappa shape index (κ2) is 6.87. The van der Waals surface area contributed by atoms with Crippen LogP contribution in [0.15, 0.2) is 5.16 Å². The molecule has 6 heteroatoms. The minimum atomic E-state index is -0.876. The SMILES string of the molecule is CCC(CC)(C(=O)NC1CCSCC1)C(N)=NO. The summed E-state index contributed by atoms with van der Waals surface area (Å²) >= 11 is 1.92. The number of carbonyl (C=O) groups is 1. The first-order valence-electron chi connectivity index (χ1n) is 6.47. The molecule has 4 N–H and O–H groups in total. The monoisotopic (exact) mass is 273 g/mol. The second-order valence-corrected chi connectivity index (χ2v) is 5.86. The molecule has 1 aliphatic heterocycles. The van der Waals surface area contributed by atoms with E-state index in [0.717, 1.165) is 24.3 Å². The first-order chi connectivity index (χ1) is 8.60. The van der Waals surface area contributed by atoms with Gasteiger partial charge < -0.3 is 16.3 Å². The van der Waals surface area contributed by atoms with Crippen LogP contribution in [-0.4, -0.2) is 34.5 Å². The standard InChI is InChI=1S/C12H23N3O2S/c1-3-12(4-2,10(13)15-17)11(16)14-9-5-7-18-8-6-9/h9,17H,3-8H2,1-2H3,(H2,13,15)(H,14,16). The number of hydrogen-bond acceptors (Lipinski definition) is 4. The van der Waals surface area contributed by atoms with Gasteiger partial charge in [0.2, 0.25) is 5.91 Å².